The van der Waals surface area contributed by atoms with Crippen molar-refractivity contribution < 1.29 is 17.9 Å². The fourth-order valence-electron chi connectivity index (χ4n) is 2.07. The van der Waals surface area contributed by atoms with Crippen molar-refractivity contribution >= 4 is 32.3 Å². The van der Waals surface area contributed by atoms with E-state index in [1.165, 1.54) is 18.4 Å². The molecule has 0 N–H and O–H groups in total. The fourth-order valence-corrected chi connectivity index (χ4v) is 4.74. The van der Waals surface area contributed by atoms with Crippen LogP contribution < -0.4 is 4.90 Å². The molecule has 1 aromatic heterocycles. The number of thiazole rings is 1. The number of nitrogens with zero attached hydrogens (tertiary/aromatic N) is 2. The molecule has 1 atom stereocenters. The number of rotatable bonds is 2. The molecule has 0 bridgehead atoms. The Morgan fingerprint density at radius 3 is 2.79 bits per heavy atom. The van der Waals surface area contributed by atoms with Gasteiger partial charge in [-0.1, -0.05) is 11.3 Å². The molecule has 1 fully saturated rings. The van der Waals surface area contributed by atoms with Crippen molar-refractivity contribution in [3.63, 3.8) is 0 Å². The molecule has 0 aromatic carbocycles. The lowest BCUT2D eigenvalue weighted by molar-refractivity contribution is 0.0605. The SMILES string of the molecule is COC(=O)c1sc(N2CCS(=O)(=O)CC2C)nc1C. The summed E-state index contributed by atoms with van der Waals surface area (Å²) < 4.78 is 27.8. The smallest absolute Gasteiger partial charge is 0.350 e. The number of methoxy groups -OCH3 is 1. The summed E-state index contributed by atoms with van der Waals surface area (Å²) in [4.78, 5) is 18.3. The third kappa shape index (κ3) is 2.89. The minimum atomic E-state index is -2.95. The molecule has 1 aliphatic rings. The number of carbonyl (C=O) groups is 1. The van der Waals surface area contributed by atoms with Crippen molar-refractivity contribution in [2.45, 2.75) is 19.9 Å². The van der Waals surface area contributed by atoms with Crippen LogP contribution in [0.25, 0.3) is 0 Å². The first-order valence-electron chi connectivity index (χ1n) is 5.87. The van der Waals surface area contributed by atoms with Gasteiger partial charge in [-0.25, -0.2) is 18.2 Å². The maximum Gasteiger partial charge on any atom is 0.350 e. The lowest BCUT2D eigenvalue weighted by Crippen LogP contribution is -2.46. The van der Waals surface area contributed by atoms with Gasteiger partial charge in [0.1, 0.15) is 4.88 Å². The van der Waals surface area contributed by atoms with Crippen molar-refractivity contribution in [2.24, 2.45) is 0 Å². The minimum absolute atomic E-state index is 0.124. The summed E-state index contributed by atoms with van der Waals surface area (Å²) in [6.07, 6.45) is 0. The van der Waals surface area contributed by atoms with Crippen molar-refractivity contribution in [3.8, 4) is 0 Å². The van der Waals surface area contributed by atoms with Gasteiger partial charge in [-0.15, -0.1) is 0 Å². The number of anilines is 1. The average molecular weight is 304 g/mol. The molecule has 0 amide bonds. The van der Waals surface area contributed by atoms with Crippen LogP contribution in [0.4, 0.5) is 5.13 Å². The molecular formula is C11H16N2O4S2. The number of carbonyl (C=O) groups excluding carboxylic acids is 1. The third-order valence-electron chi connectivity index (χ3n) is 3.07. The zero-order chi connectivity index (χ0) is 14.2. The Morgan fingerprint density at radius 1 is 1.53 bits per heavy atom. The molecule has 0 aliphatic carbocycles. The second-order valence-corrected chi connectivity index (χ2v) is 7.77. The van der Waals surface area contributed by atoms with E-state index in [2.05, 4.69) is 4.98 Å². The molecule has 2 rings (SSSR count). The molecule has 1 aromatic rings. The Kier molecular flexibility index (Phi) is 3.82. The van der Waals surface area contributed by atoms with Crippen LogP contribution >= 0.6 is 11.3 Å². The van der Waals surface area contributed by atoms with Gasteiger partial charge in [0.05, 0.1) is 24.3 Å². The van der Waals surface area contributed by atoms with E-state index in [0.717, 1.165) is 0 Å². The van der Waals surface area contributed by atoms with E-state index in [0.29, 0.717) is 22.2 Å². The highest BCUT2D eigenvalue weighted by molar-refractivity contribution is 7.91. The summed E-state index contributed by atoms with van der Waals surface area (Å²) in [5, 5.41) is 0.681. The summed E-state index contributed by atoms with van der Waals surface area (Å²) in [6.45, 7) is 4.01. The van der Waals surface area contributed by atoms with Gasteiger partial charge in [0.15, 0.2) is 15.0 Å². The number of esters is 1. The molecule has 106 valence electrons. The molecule has 1 aliphatic heterocycles. The van der Waals surface area contributed by atoms with Crippen molar-refractivity contribution in [1.82, 2.24) is 4.98 Å². The predicted octanol–water partition coefficient (Wildman–Crippen LogP) is 0.861. The van der Waals surface area contributed by atoms with Crippen molar-refractivity contribution in [1.29, 1.82) is 0 Å². The van der Waals surface area contributed by atoms with Crippen LogP contribution in [0.15, 0.2) is 0 Å². The molecule has 2 heterocycles. The number of ether oxygens (including phenoxy) is 1. The lowest BCUT2D eigenvalue weighted by atomic mass is 10.3. The maximum absolute atomic E-state index is 11.5. The quantitative estimate of drug-likeness (QED) is 0.754. The van der Waals surface area contributed by atoms with Crippen LogP contribution in [-0.2, 0) is 14.6 Å². The zero-order valence-corrected chi connectivity index (χ0v) is 12.7. The van der Waals surface area contributed by atoms with E-state index >= 15 is 0 Å². The van der Waals surface area contributed by atoms with E-state index in [1.54, 1.807) is 6.92 Å². The zero-order valence-electron chi connectivity index (χ0n) is 11.0. The van der Waals surface area contributed by atoms with E-state index < -0.39 is 15.8 Å². The van der Waals surface area contributed by atoms with Gasteiger partial charge in [-0.3, -0.25) is 0 Å². The van der Waals surface area contributed by atoms with Gasteiger partial charge in [0.2, 0.25) is 0 Å². The Bertz CT molecular complexity index is 594. The molecule has 0 radical (unpaired) electrons. The summed E-state index contributed by atoms with van der Waals surface area (Å²) in [6, 6.07) is -0.130. The summed E-state index contributed by atoms with van der Waals surface area (Å²) in [5.74, 6) is -0.151. The highest BCUT2D eigenvalue weighted by Crippen LogP contribution is 2.29. The molecule has 0 saturated carbocycles. The molecule has 0 spiro atoms. The number of hydrogen-bond acceptors (Lipinski definition) is 7. The van der Waals surface area contributed by atoms with Gasteiger partial charge < -0.3 is 9.64 Å². The van der Waals surface area contributed by atoms with Crippen molar-refractivity contribution in [3.05, 3.63) is 10.6 Å². The molecule has 19 heavy (non-hydrogen) atoms. The van der Waals surface area contributed by atoms with Gasteiger partial charge in [0, 0.05) is 12.6 Å². The molecule has 6 nitrogen and oxygen atoms in total. The topological polar surface area (TPSA) is 76.6 Å². The second-order valence-electron chi connectivity index (χ2n) is 4.56. The average Bonchev–Trinajstić information content (AvgIpc) is 2.69. The first-order chi connectivity index (χ1) is 8.84. The summed E-state index contributed by atoms with van der Waals surface area (Å²) in [5.41, 5.74) is 0.618. The van der Waals surface area contributed by atoms with Gasteiger partial charge in [-0.05, 0) is 13.8 Å². The van der Waals surface area contributed by atoms with Crippen LogP contribution in [0.5, 0.6) is 0 Å². The molecule has 1 saturated heterocycles. The van der Waals surface area contributed by atoms with Crippen LogP contribution in [-0.4, -0.2) is 50.6 Å². The second kappa shape index (κ2) is 5.09. The first kappa shape index (κ1) is 14.3. The Morgan fingerprint density at radius 2 is 2.21 bits per heavy atom. The number of hydrogen-bond donors (Lipinski definition) is 0. The largest absolute Gasteiger partial charge is 0.465 e. The van der Waals surface area contributed by atoms with Gasteiger partial charge in [0.25, 0.3) is 0 Å². The number of sulfone groups is 1. The third-order valence-corrected chi connectivity index (χ3v) is 6.04. The normalized spacial score (nSPS) is 22.3. The summed E-state index contributed by atoms with van der Waals surface area (Å²) >= 11 is 1.25. The highest BCUT2D eigenvalue weighted by atomic mass is 32.2. The lowest BCUT2D eigenvalue weighted by Gasteiger charge is -2.32. The van der Waals surface area contributed by atoms with Gasteiger partial charge >= 0.3 is 5.97 Å². The molecule has 8 heteroatoms. The standard InChI is InChI=1S/C11H16N2O4S2/c1-7-6-19(15,16)5-4-13(7)11-12-8(2)9(18-11)10(14)17-3/h7H,4-6H2,1-3H3. The number of aryl methyl sites for hydroxylation is 1. The monoisotopic (exact) mass is 304 g/mol. The number of aromatic nitrogens is 1. The Labute approximate surface area is 116 Å². The maximum atomic E-state index is 11.5. The van der Waals surface area contributed by atoms with Crippen LogP contribution in [0.1, 0.15) is 22.3 Å². The van der Waals surface area contributed by atoms with Crippen LogP contribution in [0, 0.1) is 6.92 Å². The Balaban J connectivity index is 2.26. The van der Waals surface area contributed by atoms with Crippen LogP contribution in [0.3, 0.4) is 0 Å². The van der Waals surface area contributed by atoms with E-state index in [-0.39, 0.29) is 17.5 Å². The van der Waals surface area contributed by atoms with E-state index in [1.807, 2.05) is 11.8 Å². The highest BCUT2D eigenvalue weighted by Gasteiger charge is 2.30. The first-order valence-corrected chi connectivity index (χ1v) is 8.50. The molecule has 1 unspecified atom stereocenters. The van der Waals surface area contributed by atoms with E-state index in [9.17, 15) is 13.2 Å². The van der Waals surface area contributed by atoms with Crippen molar-refractivity contribution in [2.75, 3.05) is 30.1 Å². The molecular weight excluding hydrogens is 288 g/mol. The van der Waals surface area contributed by atoms with Gasteiger partial charge in [-0.2, -0.15) is 0 Å². The minimum Gasteiger partial charge on any atom is -0.465 e. The predicted molar refractivity (Wildman–Crippen MR) is 73.7 cm³/mol. The van der Waals surface area contributed by atoms with Crippen LogP contribution in [0.2, 0.25) is 0 Å². The summed E-state index contributed by atoms with van der Waals surface area (Å²) in [7, 11) is -1.62. The fraction of sp³-hybridized carbons (Fsp3) is 0.636. The Hall–Kier alpha value is -1.15. The van der Waals surface area contributed by atoms with E-state index in [4.69, 9.17) is 4.74 Å².